The first-order valence-electron chi connectivity index (χ1n) is 9.89. The molecule has 0 saturated carbocycles. The summed E-state index contributed by atoms with van der Waals surface area (Å²) in [6.45, 7) is 3.08. The number of aromatic nitrogens is 4. The Balaban J connectivity index is 1.29. The second-order valence-electron chi connectivity index (χ2n) is 7.80. The summed E-state index contributed by atoms with van der Waals surface area (Å²) in [5.74, 6) is 2.42. The van der Waals surface area contributed by atoms with E-state index in [1.165, 1.54) is 5.56 Å². The van der Waals surface area contributed by atoms with Gasteiger partial charge in [-0.3, -0.25) is 4.90 Å². The number of rotatable bonds is 4. The third kappa shape index (κ3) is 3.40. The Bertz CT molecular complexity index is 976. The zero-order chi connectivity index (χ0) is 19.8. The molecule has 0 bridgehead atoms. The van der Waals surface area contributed by atoms with Gasteiger partial charge in [0.05, 0.1) is 25.1 Å². The standard InChI is InChI=1S/C20H24N6O3/c1-25(2)19-21-12-14-5-11-28-20(17(14)23-19)6-8-26(9-7-20)13-16-22-18(24-29-16)15-4-3-10-27-15/h3-4,10,12H,5-9,11,13H2,1-2H3. The molecule has 152 valence electrons. The summed E-state index contributed by atoms with van der Waals surface area (Å²) < 4.78 is 17.1. The number of likely N-dealkylation sites (tertiary alicyclic amines) is 1. The molecular weight excluding hydrogens is 372 g/mol. The lowest BCUT2D eigenvalue weighted by molar-refractivity contribution is -0.103. The number of ether oxygens (including phenoxy) is 1. The molecule has 29 heavy (non-hydrogen) atoms. The topological polar surface area (TPSA) is 93.6 Å². The highest BCUT2D eigenvalue weighted by Gasteiger charge is 2.42. The van der Waals surface area contributed by atoms with Gasteiger partial charge >= 0.3 is 0 Å². The van der Waals surface area contributed by atoms with Crippen molar-refractivity contribution < 1.29 is 13.7 Å². The largest absolute Gasteiger partial charge is 0.461 e. The first-order chi connectivity index (χ1) is 14.1. The summed E-state index contributed by atoms with van der Waals surface area (Å²) >= 11 is 0. The molecule has 2 aliphatic heterocycles. The average molecular weight is 396 g/mol. The predicted molar refractivity (Wildman–Crippen MR) is 104 cm³/mol. The second kappa shape index (κ2) is 7.23. The van der Waals surface area contributed by atoms with Crippen LogP contribution in [-0.4, -0.2) is 58.8 Å². The number of hydrogen-bond donors (Lipinski definition) is 0. The van der Waals surface area contributed by atoms with Crippen LogP contribution in [0.4, 0.5) is 5.95 Å². The van der Waals surface area contributed by atoms with Crippen molar-refractivity contribution in [1.82, 2.24) is 25.0 Å². The van der Waals surface area contributed by atoms with E-state index >= 15 is 0 Å². The third-order valence-electron chi connectivity index (χ3n) is 5.67. The minimum Gasteiger partial charge on any atom is -0.461 e. The van der Waals surface area contributed by atoms with Crippen LogP contribution in [0.5, 0.6) is 0 Å². The van der Waals surface area contributed by atoms with Gasteiger partial charge in [-0.05, 0) is 37.0 Å². The van der Waals surface area contributed by atoms with Gasteiger partial charge in [-0.1, -0.05) is 5.16 Å². The SMILES string of the molecule is CN(C)c1ncc2c(n1)C1(CCN(Cc3nc(-c4ccco4)no3)CC1)OCC2. The molecule has 2 aliphatic rings. The number of piperidine rings is 1. The highest BCUT2D eigenvalue weighted by molar-refractivity contribution is 5.44. The van der Waals surface area contributed by atoms with Gasteiger partial charge in [0.25, 0.3) is 0 Å². The van der Waals surface area contributed by atoms with E-state index in [9.17, 15) is 0 Å². The van der Waals surface area contributed by atoms with Gasteiger partial charge in [-0.15, -0.1) is 0 Å². The van der Waals surface area contributed by atoms with Crippen LogP contribution >= 0.6 is 0 Å². The summed E-state index contributed by atoms with van der Waals surface area (Å²) in [5, 5.41) is 4.01. The van der Waals surface area contributed by atoms with Gasteiger partial charge in [0.15, 0.2) is 5.76 Å². The van der Waals surface area contributed by atoms with E-state index < -0.39 is 0 Å². The Hall–Kier alpha value is -2.78. The van der Waals surface area contributed by atoms with Crippen LogP contribution < -0.4 is 4.90 Å². The molecule has 5 heterocycles. The lowest BCUT2D eigenvalue weighted by Gasteiger charge is -2.43. The molecule has 0 radical (unpaired) electrons. The second-order valence-corrected chi connectivity index (χ2v) is 7.80. The van der Waals surface area contributed by atoms with Gasteiger partial charge in [-0.2, -0.15) is 4.98 Å². The zero-order valence-electron chi connectivity index (χ0n) is 16.7. The molecule has 1 fully saturated rings. The van der Waals surface area contributed by atoms with Crippen molar-refractivity contribution in [3.8, 4) is 11.6 Å². The maximum Gasteiger partial charge on any atom is 0.241 e. The van der Waals surface area contributed by atoms with Crippen molar-refractivity contribution >= 4 is 5.95 Å². The summed E-state index contributed by atoms with van der Waals surface area (Å²) in [6, 6.07) is 3.63. The molecule has 5 rings (SSSR count). The minimum atomic E-state index is -0.327. The van der Waals surface area contributed by atoms with Crippen molar-refractivity contribution in [2.24, 2.45) is 0 Å². The molecule has 3 aromatic rings. The fourth-order valence-corrected chi connectivity index (χ4v) is 4.08. The number of fused-ring (bicyclic) bond motifs is 2. The predicted octanol–water partition coefficient (Wildman–Crippen LogP) is 2.25. The molecule has 1 saturated heterocycles. The molecule has 9 heteroatoms. The molecular formula is C20H24N6O3. The molecule has 0 aromatic carbocycles. The van der Waals surface area contributed by atoms with E-state index in [4.69, 9.17) is 18.7 Å². The fourth-order valence-electron chi connectivity index (χ4n) is 4.08. The molecule has 0 aliphatic carbocycles. The van der Waals surface area contributed by atoms with Gasteiger partial charge in [0, 0.05) is 33.4 Å². The smallest absolute Gasteiger partial charge is 0.241 e. The average Bonchev–Trinajstić information content (AvgIpc) is 3.42. The summed E-state index contributed by atoms with van der Waals surface area (Å²) in [4.78, 5) is 18.0. The highest BCUT2D eigenvalue weighted by atomic mass is 16.5. The lowest BCUT2D eigenvalue weighted by Crippen LogP contribution is -2.47. The van der Waals surface area contributed by atoms with Crippen LogP contribution in [0.15, 0.2) is 33.5 Å². The van der Waals surface area contributed by atoms with Gasteiger partial charge < -0.3 is 18.6 Å². The molecule has 0 atom stereocenters. The lowest BCUT2D eigenvalue weighted by atomic mass is 9.83. The van der Waals surface area contributed by atoms with Gasteiger partial charge in [0.1, 0.15) is 5.60 Å². The van der Waals surface area contributed by atoms with Crippen LogP contribution in [0.1, 0.15) is 30.0 Å². The first kappa shape index (κ1) is 18.3. The number of nitrogens with zero attached hydrogens (tertiary/aromatic N) is 6. The van der Waals surface area contributed by atoms with Crippen molar-refractivity contribution in [3.63, 3.8) is 0 Å². The van der Waals surface area contributed by atoms with E-state index in [2.05, 4.69) is 20.0 Å². The minimum absolute atomic E-state index is 0.327. The van der Waals surface area contributed by atoms with Crippen LogP contribution in [0.2, 0.25) is 0 Å². The van der Waals surface area contributed by atoms with Crippen molar-refractivity contribution in [2.45, 2.75) is 31.4 Å². The van der Waals surface area contributed by atoms with Crippen LogP contribution in [0.25, 0.3) is 11.6 Å². The van der Waals surface area contributed by atoms with Crippen molar-refractivity contribution in [3.05, 3.63) is 41.7 Å². The number of furan rings is 1. The number of hydrogen-bond acceptors (Lipinski definition) is 9. The van der Waals surface area contributed by atoms with Gasteiger partial charge in [-0.25, -0.2) is 9.97 Å². The number of anilines is 1. The van der Waals surface area contributed by atoms with Crippen LogP contribution in [-0.2, 0) is 23.3 Å². The van der Waals surface area contributed by atoms with Gasteiger partial charge in [0.2, 0.25) is 17.7 Å². The highest BCUT2D eigenvalue weighted by Crippen LogP contribution is 2.41. The summed E-state index contributed by atoms with van der Waals surface area (Å²) in [5.41, 5.74) is 1.93. The molecule has 0 N–H and O–H groups in total. The maximum absolute atomic E-state index is 6.32. The van der Waals surface area contributed by atoms with E-state index in [-0.39, 0.29) is 5.60 Å². The van der Waals surface area contributed by atoms with E-state index in [1.807, 2.05) is 37.3 Å². The molecule has 9 nitrogen and oxygen atoms in total. The first-order valence-corrected chi connectivity index (χ1v) is 9.89. The zero-order valence-corrected chi connectivity index (χ0v) is 16.7. The molecule has 0 amide bonds. The van der Waals surface area contributed by atoms with E-state index in [0.29, 0.717) is 30.6 Å². The quantitative estimate of drug-likeness (QED) is 0.658. The third-order valence-corrected chi connectivity index (χ3v) is 5.67. The Kier molecular flexibility index (Phi) is 4.56. The van der Waals surface area contributed by atoms with Crippen molar-refractivity contribution in [2.75, 3.05) is 38.7 Å². The fraction of sp³-hybridized carbons (Fsp3) is 0.500. The Morgan fingerprint density at radius 3 is 2.83 bits per heavy atom. The normalized spacial score (nSPS) is 18.7. The Morgan fingerprint density at radius 1 is 1.21 bits per heavy atom. The van der Waals surface area contributed by atoms with E-state index in [1.54, 1.807) is 6.26 Å². The molecule has 1 spiro atoms. The summed E-state index contributed by atoms with van der Waals surface area (Å²) in [7, 11) is 3.92. The monoisotopic (exact) mass is 396 g/mol. The molecule has 3 aromatic heterocycles. The van der Waals surface area contributed by atoms with Crippen LogP contribution in [0, 0.1) is 0 Å². The Labute approximate surface area is 168 Å². The molecule has 0 unspecified atom stereocenters. The van der Waals surface area contributed by atoms with E-state index in [0.717, 1.165) is 44.0 Å². The summed E-state index contributed by atoms with van der Waals surface area (Å²) in [6.07, 6.45) is 6.18. The maximum atomic E-state index is 6.32. The Morgan fingerprint density at radius 2 is 2.07 bits per heavy atom. The van der Waals surface area contributed by atoms with Crippen molar-refractivity contribution in [1.29, 1.82) is 0 Å². The van der Waals surface area contributed by atoms with Crippen LogP contribution in [0.3, 0.4) is 0 Å².